The smallest absolute Gasteiger partial charge is 0.183 e. The van der Waals surface area contributed by atoms with Crippen LogP contribution in [0.1, 0.15) is 19.3 Å². The van der Waals surface area contributed by atoms with E-state index >= 15 is 0 Å². The second kappa shape index (κ2) is 3.26. The number of hydrogen-bond donors (Lipinski definition) is 1. The van der Waals surface area contributed by atoms with Crippen LogP contribution in [0, 0.1) is 0 Å². The van der Waals surface area contributed by atoms with Gasteiger partial charge in [0.25, 0.3) is 0 Å². The number of aromatic nitrogens is 3. The summed E-state index contributed by atoms with van der Waals surface area (Å²) in [5.74, 6) is 0.368. The van der Waals surface area contributed by atoms with Crippen LogP contribution in [0.15, 0.2) is 11.5 Å². The highest BCUT2D eigenvalue weighted by atomic mass is 32.2. The van der Waals surface area contributed by atoms with Gasteiger partial charge in [-0.25, -0.2) is 4.98 Å². The number of nitrogens with one attached hydrogen (secondary N) is 1. The van der Waals surface area contributed by atoms with E-state index < -0.39 is 0 Å². The summed E-state index contributed by atoms with van der Waals surface area (Å²) in [6.45, 7) is 0. The average Bonchev–Trinajstić information content (AvgIpc) is 2.63. The highest BCUT2D eigenvalue weighted by Crippen LogP contribution is 2.30. The first kappa shape index (κ1) is 7.79. The summed E-state index contributed by atoms with van der Waals surface area (Å²) in [6.07, 6.45) is 3.88. The van der Waals surface area contributed by atoms with Gasteiger partial charge in [-0.1, -0.05) is 11.8 Å². The van der Waals surface area contributed by atoms with E-state index in [1.807, 2.05) is 0 Å². The van der Waals surface area contributed by atoms with E-state index in [9.17, 15) is 4.79 Å². The highest BCUT2D eigenvalue weighted by Gasteiger charge is 2.23. The molecule has 1 aliphatic carbocycles. The SMILES string of the molecule is O=C1CCC(Sc2ncn[nH]2)C1. The van der Waals surface area contributed by atoms with Crippen molar-refractivity contribution in [3.05, 3.63) is 6.33 Å². The molecule has 1 N–H and O–H groups in total. The van der Waals surface area contributed by atoms with Crippen molar-refractivity contribution >= 4 is 17.5 Å². The van der Waals surface area contributed by atoms with Crippen molar-refractivity contribution in [2.75, 3.05) is 0 Å². The van der Waals surface area contributed by atoms with Crippen LogP contribution >= 0.6 is 11.8 Å². The third-order valence-corrected chi connectivity index (χ3v) is 3.03. The Hall–Kier alpha value is -0.840. The highest BCUT2D eigenvalue weighted by molar-refractivity contribution is 7.99. The first-order chi connectivity index (χ1) is 5.84. The van der Waals surface area contributed by atoms with Crippen molar-refractivity contribution in [2.24, 2.45) is 0 Å². The number of thioether (sulfide) groups is 1. The molecule has 0 bridgehead atoms. The zero-order valence-corrected chi connectivity index (χ0v) is 7.30. The minimum Gasteiger partial charge on any atom is -0.300 e. The number of Topliss-reactive ketones (excluding diaryl/α,β-unsaturated/α-hetero) is 1. The number of carbonyl (C=O) groups excluding carboxylic acids is 1. The fourth-order valence-corrected chi connectivity index (χ4v) is 2.32. The molecule has 1 aromatic heterocycles. The largest absolute Gasteiger partial charge is 0.300 e. The van der Waals surface area contributed by atoms with Gasteiger partial charge in [0, 0.05) is 18.1 Å². The Kier molecular flexibility index (Phi) is 2.12. The van der Waals surface area contributed by atoms with Gasteiger partial charge in [-0.15, -0.1) is 0 Å². The van der Waals surface area contributed by atoms with Gasteiger partial charge in [0.15, 0.2) is 5.16 Å². The summed E-state index contributed by atoms with van der Waals surface area (Å²) in [4.78, 5) is 14.9. The molecule has 0 radical (unpaired) electrons. The lowest BCUT2D eigenvalue weighted by atomic mass is 10.4. The fourth-order valence-electron chi connectivity index (χ4n) is 1.29. The lowest BCUT2D eigenvalue weighted by molar-refractivity contribution is -0.117. The van der Waals surface area contributed by atoms with E-state index in [-0.39, 0.29) is 0 Å². The Bertz CT molecular complexity index is 272. The van der Waals surface area contributed by atoms with Crippen LogP contribution in [0.5, 0.6) is 0 Å². The van der Waals surface area contributed by atoms with Gasteiger partial charge < -0.3 is 0 Å². The predicted octanol–water partition coefficient (Wildman–Crippen LogP) is 1.02. The minimum atomic E-state index is 0.368. The van der Waals surface area contributed by atoms with Crippen molar-refractivity contribution in [1.82, 2.24) is 15.2 Å². The molecule has 5 heteroatoms. The van der Waals surface area contributed by atoms with Gasteiger partial charge >= 0.3 is 0 Å². The van der Waals surface area contributed by atoms with Crippen molar-refractivity contribution < 1.29 is 4.79 Å². The van der Waals surface area contributed by atoms with Crippen LogP contribution in [-0.2, 0) is 4.79 Å². The molecule has 1 fully saturated rings. The minimum absolute atomic E-state index is 0.368. The predicted molar refractivity (Wildman–Crippen MR) is 44.9 cm³/mol. The van der Waals surface area contributed by atoms with Gasteiger partial charge in [0.2, 0.25) is 0 Å². The number of aromatic amines is 1. The Morgan fingerprint density at radius 1 is 1.67 bits per heavy atom. The molecule has 4 nitrogen and oxygen atoms in total. The molecule has 2 rings (SSSR count). The number of hydrogen-bond acceptors (Lipinski definition) is 4. The third kappa shape index (κ3) is 1.66. The lowest BCUT2D eigenvalue weighted by Crippen LogP contribution is -1.96. The summed E-state index contributed by atoms with van der Waals surface area (Å²) >= 11 is 1.61. The number of carbonyl (C=O) groups is 1. The molecule has 0 aliphatic heterocycles. The molecule has 0 spiro atoms. The monoisotopic (exact) mass is 183 g/mol. The van der Waals surface area contributed by atoms with Crippen LogP contribution in [-0.4, -0.2) is 26.2 Å². The number of H-pyrrole nitrogens is 1. The number of nitrogens with zero attached hydrogens (tertiary/aromatic N) is 2. The van der Waals surface area contributed by atoms with Crippen molar-refractivity contribution in [3.63, 3.8) is 0 Å². The van der Waals surface area contributed by atoms with E-state index in [1.54, 1.807) is 11.8 Å². The first-order valence-corrected chi connectivity index (χ1v) is 4.76. The molecule has 1 aliphatic rings. The van der Waals surface area contributed by atoms with E-state index in [0.717, 1.165) is 18.0 Å². The molecular weight excluding hydrogens is 174 g/mol. The summed E-state index contributed by atoms with van der Waals surface area (Å²) < 4.78 is 0. The second-order valence-corrected chi connectivity index (χ2v) is 4.10. The van der Waals surface area contributed by atoms with Gasteiger partial charge in [0.05, 0.1) is 0 Å². The molecule has 1 atom stereocenters. The zero-order chi connectivity index (χ0) is 8.39. The van der Waals surface area contributed by atoms with E-state index in [4.69, 9.17) is 0 Å². The van der Waals surface area contributed by atoms with E-state index in [1.165, 1.54) is 6.33 Å². The van der Waals surface area contributed by atoms with Gasteiger partial charge in [-0.05, 0) is 6.42 Å². The molecule has 0 amide bonds. The van der Waals surface area contributed by atoms with Crippen molar-refractivity contribution in [1.29, 1.82) is 0 Å². The molecule has 1 unspecified atom stereocenters. The summed E-state index contributed by atoms with van der Waals surface area (Å²) in [5, 5.41) is 7.73. The van der Waals surface area contributed by atoms with Crippen LogP contribution in [0.2, 0.25) is 0 Å². The molecule has 0 saturated heterocycles. The average molecular weight is 183 g/mol. The zero-order valence-electron chi connectivity index (χ0n) is 6.49. The number of ketones is 1. The van der Waals surface area contributed by atoms with Crippen LogP contribution in [0.4, 0.5) is 0 Å². The van der Waals surface area contributed by atoms with Crippen LogP contribution < -0.4 is 0 Å². The third-order valence-electron chi connectivity index (χ3n) is 1.87. The summed E-state index contributed by atoms with van der Waals surface area (Å²) in [7, 11) is 0. The maximum Gasteiger partial charge on any atom is 0.183 e. The molecule has 1 heterocycles. The Balaban J connectivity index is 1.92. The maximum absolute atomic E-state index is 10.9. The standard InChI is InChI=1S/C7H9N3OS/c11-5-1-2-6(3-5)12-7-8-4-9-10-7/h4,6H,1-3H2,(H,8,9,10). The van der Waals surface area contributed by atoms with Gasteiger partial charge in [-0.3, -0.25) is 9.89 Å². The summed E-state index contributed by atoms with van der Waals surface area (Å²) in [6, 6.07) is 0. The van der Waals surface area contributed by atoms with Gasteiger partial charge in [0.1, 0.15) is 12.1 Å². The fraction of sp³-hybridized carbons (Fsp3) is 0.571. The van der Waals surface area contributed by atoms with Crippen molar-refractivity contribution in [3.8, 4) is 0 Å². The molecule has 64 valence electrons. The van der Waals surface area contributed by atoms with Crippen molar-refractivity contribution in [2.45, 2.75) is 29.7 Å². The Morgan fingerprint density at radius 3 is 3.17 bits per heavy atom. The molecular formula is C7H9N3OS. The molecule has 1 saturated carbocycles. The quantitative estimate of drug-likeness (QED) is 0.743. The van der Waals surface area contributed by atoms with Crippen LogP contribution in [0.25, 0.3) is 0 Å². The Labute approximate surface area is 74.2 Å². The molecule has 12 heavy (non-hydrogen) atoms. The lowest BCUT2D eigenvalue weighted by Gasteiger charge is -2.02. The summed E-state index contributed by atoms with van der Waals surface area (Å²) in [5.41, 5.74) is 0. The molecule has 1 aromatic rings. The molecule has 0 aromatic carbocycles. The topological polar surface area (TPSA) is 58.6 Å². The maximum atomic E-state index is 10.9. The Morgan fingerprint density at radius 2 is 2.58 bits per heavy atom. The first-order valence-electron chi connectivity index (χ1n) is 3.88. The van der Waals surface area contributed by atoms with E-state index in [0.29, 0.717) is 17.5 Å². The van der Waals surface area contributed by atoms with E-state index in [2.05, 4.69) is 15.2 Å². The van der Waals surface area contributed by atoms with Crippen LogP contribution in [0.3, 0.4) is 0 Å². The normalized spacial score (nSPS) is 23.3. The number of rotatable bonds is 2. The second-order valence-electron chi connectivity index (χ2n) is 2.81. The van der Waals surface area contributed by atoms with Gasteiger partial charge in [-0.2, -0.15) is 5.10 Å².